The van der Waals surface area contributed by atoms with E-state index in [2.05, 4.69) is 5.32 Å². The van der Waals surface area contributed by atoms with E-state index in [-0.39, 0.29) is 11.8 Å². The highest BCUT2D eigenvalue weighted by atomic mass is 35.5. The van der Waals surface area contributed by atoms with Gasteiger partial charge in [-0.15, -0.1) is 0 Å². The highest BCUT2D eigenvalue weighted by molar-refractivity contribution is 6.35. The molecule has 0 aromatic heterocycles. The van der Waals surface area contributed by atoms with Crippen molar-refractivity contribution in [2.75, 3.05) is 32.8 Å². The maximum absolute atomic E-state index is 12.6. The number of nitrogens with one attached hydrogen (secondary N) is 1. The Labute approximate surface area is 151 Å². The molecule has 0 spiro atoms. The van der Waals surface area contributed by atoms with Gasteiger partial charge in [-0.05, 0) is 37.0 Å². The Hall–Kier alpha value is -1.30. The number of nitrogens with zero attached hydrogens (tertiary/aromatic N) is 1. The molecule has 7 heteroatoms. The molecule has 1 aromatic rings. The molecule has 3 rings (SSSR count). The van der Waals surface area contributed by atoms with Gasteiger partial charge in [0.25, 0.3) is 0 Å². The summed E-state index contributed by atoms with van der Waals surface area (Å²) in [5.74, 6) is -0.239. The van der Waals surface area contributed by atoms with Crippen molar-refractivity contribution in [1.82, 2.24) is 10.2 Å². The van der Waals surface area contributed by atoms with Crippen LogP contribution in [0.1, 0.15) is 18.4 Å². The summed E-state index contributed by atoms with van der Waals surface area (Å²) < 4.78 is 5.26. The zero-order valence-electron chi connectivity index (χ0n) is 13.3. The molecular weight excluding hydrogens is 351 g/mol. The zero-order chi connectivity index (χ0) is 17.2. The molecule has 1 saturated carbocycles. The summed E-state index contributed by atoms with van der Waals surface area (Å²) in [5.41, 5.74) is 0.0620. The van der Waals surface area contributed by atoms with Crippen LogP contribution in [0, 0.1) is 5.41 Å². The zero-order valence-corrected chi connectivity index (χ0v) is 14.8. The number of hydrogen-bond donors (Lipinski definition) is 1. The molecule has 1 aliphatic carbocycles. The van der Waals surface area contributed by atoms with E-state index in [9.17, 15) is 9.59 Å². The average molecular weight is 371 g/mol. The monoisotopic (exact) mass is 370 g/mol. The van der Waals surface area contributed by atoms with E-state index in [0.29, 0.717) is 62.2 Å². The summed E-state index contributed by atoms with van der Waals surface area (Å²) in [6.45, 7) is 2.65. The van der Waals surface area contributed by atoms with E-state index >= 15 is 0 Å². The molecule has 0 atom stereocenters. The molecule has 1 N–H and O–H groups in total. The van der Waals surface area contributed by atoms with Gasteiger partial charge < -0.3 is 15.0 Å². The fourth-order valence-corrected chi connectivity index (χ4v) is 3.44. The molecule has 1 aliphatic heterocycles. The van der Waals surface area contributed by atoms with Crippen LogP contribution in [0.4, 0.5) is 0 Å². The van der Waals surface area contributed by atoms with Gasteiger partial charge in [-0.1, -0.05) is 29.3 Å². The molecule has 0 bridgehead atoms. The third-order valence-corrected chi connectivity index (χ3v) is 5.17. The third-order valence-electron chi connectivity index (χ3n) is 4.59. The van der Waals surface area contributed by atoms with Crippen molar-refractivity contribution in [3.05, 3.63) is 33.8 Å². The minimum absolute atomic E-state index is 0.0622. The first-order chi connectivity index (χ1) is 11.5. The van der Waals surface area contributed by atoms with Crippen molar-refractivity contribution in [2.45, 2.75) is 19.3 Å². The molecule has 1 saturated heterocycles. The maximum atomic E-state index is 12.6. The standard InChI is InChI=1S/C17H20Cl2N2O3/c18-13-2-1-12(14(19)11-13)3-6-20-15(22)17(4-5-17)16(23)21-7-9-24-10-8-21/h1-2,11H,3-10H2,(H,20,22). The Morgan fingerprint density at radius 2 is 1.92 bits per heavy atom. The Bertz CT molecular complexity index is 641. The lowest BCUT2D eigenvalue weighted by Gasteiger charge is -2.30. The van der Waals surface area contributed by atoms with Crippen LogP contribution < -0.4 is 5.32 Å². The molecule has 2 aliphatic rings. The number of hydrogen-bond acceptors (Lipinski definition) is 3. The Morgan fingerprint density at radius 1 is 1.21 bits per heavy atom. The first kappa shape index (κ1) is 17.5. The van der Waals surface area contributed by atoms with Crippen molar-refractivity contribution in [1.29, 1.82) is 0 Å². The van der Waals surface area contributed by atoms with Gasteiger partial charge in [0.1, 0.15) is 5.41 Å². The largest absolute Gasteiger partial charge is 0.378 e. The lowest BCUT2D eigenvalue weighted by Crippen LogP contribution is -2.49. The van der Waals surface area contributed by atoms with E-state index < -0.39 is 5.41 Å². The fraction of sp³-hybridized carbons (Fsp3) is 0.529. The van der Waals surface area contributed by atoms with Crippen molar-refractivity contribution in [3.63, 3.8) is 0 Å². The topological polar surface area (TPSA) is 58.6 Å². The number of carbonyl (C=O) groups is 2. The smallest absolute Gasteiger partial charge is 0.238 e. The molecule has 24 heavy (non-hydrogen) atoms. The van der Waals surface area contributed by atoms with Gasteiger partial charge in [-0.2, -0.15) is 0 Å². The van der Waals surface area contributed by atoms with Crippen molar-refractivity contribution < 1.29 is 14.3 Å². The molecular formula is C17H20Cl2N2O3. The Morgan fingerprint density at radius 3 is 2.54 bits per heavy atom. The van der Waals surface area contributed by atoms with Gasteiger partial charge in [0.05, 0.1) is 13.2 Å². The summed E-state index contributed by atoms with van der Waals surface area (Å²) in [5, 5.41) is 4.06. The Kier molecular flexibility index (Phi) is 5.33. The quantitative estimate of drug-likeness (QED) is 0.808. The molecule has 0 radical (unpaired) electrons. The second-order valence-corrected chi connectivity index (χ2v) is 7.07. The van der Waals surface area contributed by atoms with E-state index in [1.54, 1.807) is 17.0 Å². The molecule has 1 heterocycles. The number of halogens is 2. The van der Waals surface area contributed by atoms with Crippen LogP contribution in [-0.2, 0) is 20.7 Å². The normalized spacial score (nSPS) is 19.0. The second kappa shape index (κ2) is 7.30. The molecule has 130 valence electrons. The number of ether oxygens (including phenoxy) is 1. The second-order valence-electron chi connectivity index (χ2n) is 6.23. The van der Waals surface area contributed by atoms with E-state index in [0.717, 1.165) is 5.56 Å². The molecule has 1 aromatic carbocycles. The highest BCUT2D eigenvalue weighted by Crippen LogP contribution is 2.47. The molecule has 0 unspecified atom stereocenters. The van der Waals surface area contributed by atoms with Gasteiger partial charge in [-0.25, -0.2) is 0 Å². The van der Waals surface area contributed by atoms with Crippen LogP contribution in [0.3, 0.4) is 0 Å². The first-order valence-electron chi connectivity index (χ1n) is 8.12. The van der Waals surface area contributed by atoms with E-state index in [1.165, 1.54) is 0 Å². The Balaban J connectivity index is 1.53. The van der Waals surface area contributed by atoms with Crippen LogP contribution in [0.2, 0.25) is 10.0 Å². The molecule has 2 amide bonds. The van der Waals surface area contributed by atoms with Crippen LogP contribution >= 0.6 is 23.2 Å². The van der Waals surface area contributed by atoms with E-state index in [1.807, 2.05) is 6.07 Å². The minimum Gasteiger partial charge on any atom is -0.378 e. The first-order valence-corrected chi connectivity index (χ1v) is 8.88. The van der Waals surface area contributed by atoms with Crippen molar-refractivity contribution >= 4 is 35.0 Å². The summed E-state index contributed by atoms with van der Waals surface area (Å²) in [6.07, 6.45) is 1.84. The van der Waals surface area contributed by atoms with Crippen molar-refractivity contribution in [3.8, 4) is 0 Å². The highest BCUT2D eigenvalue weighted by Gasteiger charge is 2.57. The van der Waals surface area contributed by atoms with Crippen LogP contribution in [0.25, 0.3) is 0 Å². The minimum atomic E-state index is -0.860. The summed E-state index contributed by atoms with van der Waals surface area (Å²) in [7, 11) is 0. The molecule has 2 fully saturated rings. The number of benzene rings is 1. The van der Waals surface area contributed by atoms with Gasteiger partial charge in [0.15, 0.2) is 0 Å². The maximum Gasteiger partial charge on any atom is 0.238 e. The third kappa shape index (κ3) is 3.68. The summed E-state index contributed by atoms with van der Waals surface area (Å²) in [4.78, 5) is 26.9. The van der Waals surface area contributed by atoms with E-state index in [4.69, 9.17) is 27.9 Å². The summed E-state index contributed by atoms with van der Waals surface area (Å²) >= 11 is 12.0. The van der Waals surface area contributed by atoms with Crippen LogP contribution in [0.15, 0.2) is 18.2 Å². The predicted octanol–water partition coefficient (Wildman–Crippen LogP) is 2.29. The average Bonchev–Trinajstić information content (AvgIpc) is 3.39. The number of rotatable bonds is 5. The van der Waals surface area contributed by atoms with Crippen LogP contribution in [0.5, 0.6) is 0 Å². The fourth-order valence-electron chi connectivity index (χ4n) is 2.94. The van der Waals surface area contributed by atoms with Gasteiger partial charge in [0, 0.05) is 29.7 Å². The van der Waals surface area contributed by atoms with Gasteiger partial charge in [0.2, 0.25) is 11.8 Å². The number of morpholine rings is 1. The van der Waals surface area contributed by atoms with Crippen molar-refractivity contribution in [2.24, 2.45) is 5.41 Å². The van der Waals surface area contributed by atoms with Gasteiger partial charge >= 0.3 is 0 Å². The number of carbonyl (C=O) groups excluding carboxylic acids is 2. The SMILES string of the molecule is O=C(NCCc1ccc(Cl)cc1Cl)C1(C(=O)N2CCOCC2)CC1. The predicted molar refractivity (Wildman–Crippen MR) is 92.2 cm³/mol. The lowest BCUT2D eigenvalue weighted by molar-refractivity contribution is -0.147. The molecule has 5 nitrogen and oxygen atoms in total. The number of amides is 2. The lowest BCUT2D eigenvalue weighted by atomic mass is 10.0. The summed E-state index contributed by atoms with van der Waals surface area (Å²) in [6, 6.07) is 5.31. The van der Waals surface area contributed by atoms with Crippen LogP contribution in [-0.4, -0.2) is 49.6 Å². The van der Waals surface area contributed by atoms with Gasteiger partial charge in [-0.3, -0.25) is 9.59 Å².